The fourth-order valence-corrected chi connectivity index (χ4v) is 2.62. The van der Waals surface area contributed by atoms with Crippen LogP contribution in [0.2, 0.25) is 0 Å². The van der Waals surface area contributed by atoms with Gasteiger partial charge in [0.15, 0.2) is 0 Å². The summed E-state index contributed by atoms with van der Waals surface area (Å²) in [4.78, 5) is 0. The van der Waals surface area contributed by atoms with E-state index < -0.39 is 41.5 Å². The Morgan fingerprint density at radius 2 is 0.500 bits per heavy atom. The molecule has 18 heteroatoms. The van der Waals surface area contributed by atoms with Crippen molar-refractivity contribution in [1.82, 2.24) is 0 Å². The van der Waals surface area contributed by atoms with Crippen LogP contribution in [0, 0.1) is 0 Å². The van der Waals surface area contributed by atoms with Crippen LogP contribution in [0.3, 0.4) is 0 Å². The molecule has 2 atom stereocenters. The van der Waals surface area contributed by atoms with Crippen molar-refractivity contribution in [3.8, 4) is 0 Å². The predicted octanol–water partition coefficient (Wildman–Crippen LogP) is 8.08. The summed E-state index contributed by atoms with van der Waals surface area (Å²) >= 11 is 34.5. The quantitative estimate of drug-likeness (QED) is 0.215. The van der Waals surface area contributed by atoms with Crippen molar-refractivity contribution in [3.63, 3.8) is 0 Å². The number of halogens is 18. The summed E-state index contributed by atoms with van der Waals surface area (Å²) in [5.74, 6) is -13.0. The van der Waals surface area contributed by atoms with Crippen LogP contribution in [0.25, 0.3) is 0 Å². The summed E-state index contributed by atoms with van der Waals surface area (Å²) in [6.45, 7) is 0. The molecule has 0 aliphatic carbocycles. The number of rotatable bonds is 7. The molecule has 0 amide bonds. The van der Waals surface area contributed by atoms with Gasteiger partial charge in [-0.2, -0.15) is 35.1 Å². The lowest BCUT2D eigenvalue weighted by Gasteiger charge is -2.46. The minimum Gasteiger partial charge on any atom is -0.214 e. The average molecular weight is 570 g/mol. The van der Waals surface area contributed by atoms with E-state index in [1.54, 1.807) is 0 Å². The molecule has 0 aliphatic heterocycles. The van der Waals surface area contributed by atoms with Crippen molar-refractivity contribution in [2.24, 2.45) is 0 Å². The Hall–Kier alpha value is 1.62. The topological polar surface area (TPSA) is 0 Å². The molecular weight excluding hydrogens is 570 g/mol. The Labute approximate surface area is 177 Å². The molecule has 0 rings (SSSR count). The second-order valence-corrected chi connectivity index (χ2v) is 9.09. The maximum Gasteiger partial charge on any atom is 0.360 e. The Bertz CT molecular complexity index is 486. The van der Waals surface area contributed by atoms with Crippen LogP contribution in [-0.4, -0.2) is 41.5 Å². The van der Waals surface area contributed by atoms with Crippen molar-refractivity contribution >= 4 is 92.8 Å². The highest BCUT2D eigenvalue weighted by Crippen LogP contribution is 2.67. The smallest absolute Gasteiger partial charge is 0.214 e. The molecule has 0 nitrogen and oxygen atoms in total. The van der Waals surface area contributed by atoms with Crippen molar-refractivity contribution in [3.05, 3.63) is 0 Å². The van der Waals surface area contributed by atoms with Crippen molar-refractivity contribution in [2.45, 2.75) is 41.5 Å². The normalized spacial score (nSPS) is 20.5. The lowest BCUT2D eigenvalue weighted by molar-refractivity contribution is -0.234. The molecule has 0 aromatic rings. The summed E-state index contributed by atoms with van der Waals surface area (Å²) < 4.78 is 125. The van der Waals surface area contributed by atoms with Gasteiger partial charge in [0.25, 0.3) is 8.67 Å². The second-order valence-electron chi connectivity index (χ2n) is 4.44. The molecule has 0 saturated heterocycles. The average Bonchev–Trinajstić information content (AvgIpc) is 2.34. The Morgan fingerprint density at radius 1 is 0.346 bits per heavy atom. The van der Waals surface area contributed by atoms with E-state index >= 15 is 0 Å². The lowest BCUT2D eigenvalue weighted by atomic mass is 9.97. The molecule has 0 aromatic heterocycles. The van der Waals surface area contributed by atoms with Crippen LogP contribution < -0.4 is 0 Å². The molecule has 0 aromatic carbocycles. The maximum atomic E-state index is 14.1. The second kappa shape index (κ2) is 7.10. The van der Waals surface area contributed by atoms with Gasteiger partial charge < -0.3 is 0 Å². The molecule has 158 valence electrons. The number of alkyl halides is 18. The Morgan fingerprint density at radius 3 is 0.615 bits per heavy atom. The van der Waals surface area contributed by atoms with Gasteiger partial charge in [0.2, 0.25) is 0 Å². The molecular formula is C8Cl8F10. The van der Waals surface area contributed by atoms with Gasteiger partial charge in [-0.25, -0.2) is 8.78 Å². The highest BCUT2D eigenvalue weighted by molar-refractivity contribution is 6.55. The van der Waals surface area contributed by atoms with Gasteiger partial charge in [-0.3, -0.25) is 0 Å². The predicted molar refractivity (Wildman–Crippen MR) is 79.8 cm³/mol. The monoisotopic (exact) mass is 566 g/mol. The number of hydrogen-bond donors (Lipinski definition) is 0. The summed E-state index contributed by atoms with van der Waals surface area (Å²) in [7, 11) is 0. The first-order valence-electron chi connectivity index (χ1n) is 5.15. The van der Waals surface area contributed by atoms with Crippen molar-refractivity contribution in [1.29, 1.82) is 0 Å². The zero-order valence-corrected chi connectivity index (χ0v) is 16.9. The van der Waals surface area contributed by atoms with Gasteiger partial charge in [0, 0.05) is 0 Å². The Balaban J connectivity index is 6.61. The van der Waals surface area contributed by atoms with Crippen LogP contribution in [0.1, 0.15) is 0 Å². The first-order chi connectivity index (χ1) is 10.8. The minimum absolute atomic E-state index is 4.09. The number of hydrogen-bond acceptors (Lipinski definition) is 0. The van der Waals surface area contributed by atoms with Gasteiger partial charge in [-0.15, -0.1) is 0 Å². The van der Waals surface area contributed by atoms with Crippen LogP contribution >= 0.6 is 92.8 Å². The first-order valence-corrected chi connectivity index (χ1v) is 8.18. The van der Waals surface area contributed by atoms with E-state index in [1.807, 2.05) is 0 Å². The van der Waals surface area contributed by atoms with Gasteiger partial charge in [-0.05, 0) is 23.2 Å². The van der Waals surface area contributed by atoms with E-state index in [-0.39, 0.29) is 0 Å². The van der Waals surface area contributed by atoms with Crippen LogP contribution in [0.15, 0.2) is 0 Å². The van der Waals surface area contributed by atoms with Crippen LogP contribution in [0.4, 0.5) is 43.9 Å². The molecule has 0 heterocycles. The molecule has 0 saturated carbocycles. The van der Waals surface area contributed by atoms with Crippen LogP contribution in [-0.2, 0) is 0 Å². The largest absolute Gasteiger partial charge is 0.360 e. The molecule has 0 bridgehead atoms. The van der Waals surface area contributed by atoms with E-state index in [9.17, 15) is 43.9 Å². The minimum atomic E-state index is -6.48. The summed E-state index contributed by atoms with van der Waals surface area (Å²) in [6, 6.07) is 0. The third-order valence-corrected chi connectivity index (χ3v) is 6.63. The van der Waals surface area contributed by atoms with E-state index in [1.165, 1.54) is 0 Å². The SMILES string of the molecule is FC(F)(Cl)C(Cl)(Cl)C(F)(F)C(F)(Cl)C(F)(Cl)C(F)(F)C(Cl)(Cl)C(F)(F)Cl. The molecule has 0 radical (unpaired) electrons. The van der Waals surface area contributed by atoms with Gasteiger partial charge in [-0.1, -0.05) is 69.6 Å². The summed E-state index contributed by atoms with van der Waals surface area (Å²) in [5.41, 5.74) is 0. The van der Waals surface area contributed by atoms with Gasteiger partial charge in [0.1, 0.15) is 0 Å². The molecule has 0 spiro atoms. The third kappa shape index (κ3) is 3.72. The molecule has 2 unspecified atom stereocenters. The summed E-state index contributed by atoms with van der Waals surface area (Å²) in [6.07, 6.45) is 0. The van der Waals surface area contributed by atoms with E-state index in [2.05, 4.69) is 92.8 Å². The first kappa shape index (κ1) is 27.6. The zero-order chi connectivity index (χ0) is 22.0. The van der Waals surface area contributed by atoms with Gasteiger partial charge >= 0.3 is 32.9 Å². The third-order valence-electron chi connectivity index (χ3n) is 2.68. The molecule has 0 N–H and O–H groups in total. The fraction of sp³-hybridized carbons (Fsp3) is 1.00. The van der Waals surface area contributed by atoms with Gasteiger partial charge in [0.05, 0.1) is 0 Å². The fourth-order valence-electron chi connectivity index (χ4n) is 1.14. The molecule has 26 heavy (non-hydrogen) atoms. The summed E-state index contributed by atoms with van der Waals surface area (Å²) in [5, 5.41) is -23.6. The lowest BCUT2D eigenvalue weighted by Crippen LogP contribution is -2.72. The van der Waals surface area contributed by atoms with E-state index in [0.717, 1.165) is 0 Å². The molecule has 0 fully saturated rings. The Kier molecular flexibility index (Phi) is 7.54. The zero-order valence-electron chi connectivity index (χ0n) is 10.8. The highest BCUT2D eigenvalue weighted by atomic mass is 35.5. The van der Waals surface area contributed by atoms with E-state index in [0.29, 0.717) is 0 Å². The standard InChI is InChI=1S/C8Cl8F10/c9-1(10,7(15,23)24)5(19,20)3(13,17)4(14,18)6(21,22)2(11,12)8(16,25)26. The van der Waals surface area contributed by atoms with Crippen LogP contribution in [0.5, 0.6) is 0 Å². The molecule has 0 aliphatic rings. The van der Waals surface area contributed by atoms with Crippen molar-refractivity contribution < 1.29 is 43.9 Å². The van der Waals surface area contributed by atoms with E-state index in [4.69, 9.17) is 0 Å². The maximum absolute atomic E-state index is 14.1. The van der Waals surface area contributed by atoms with Crippen molar-refractivity contribution in [2.75, 3.05) is 0 Å². The highest BCUT2D eigenvalue weighted by Gasteiger charge is 2.89.